The van der Waals surface area contributed by atoms with Crippen molar-refractivity contribution >= 4 is 21.6 Å². The Morgan fingerprint density at radius 2 is 1.90 bits per heavy atom. The molecule has 0 fully saturated rings. The second kappa shape index (κ2) is 9.30. The first-order chi connectivity index (χ1) is 14.7. The van der Waals surface area contributed by atoms with Gasteiger partial charge in [0.1, 0.15) is 6.04 Å². The Labute approximate surface area is 182 Å². The molecule has 164 valence electrons. The Morgan fingerprint density at radius 3 is 2.52 bits per heavy atom. The first-order valence-corrected chi connectivity index (χ1v) is 11.8. The molecule has 1 atom stereocenters. The molecule has 3 rings (SSSR count). The lowest BCUT2D eigenvalue weighted by molar-refractivity contribution is -0.122. The number of hydrogen-bond acceptors (Lipinski definition) is 6. The lowest BCUT2D eigenvalue weighted by Gasteiger charge is -2.28. The molecule has 31 heavy (non-hydrogen) atoms. The number of nitrogens with zero attached hydrogens (tertiary/aromatic N) is 3. The van der Waals surface area contributed by atoms with Gasteiger partial charge in [-0.25, -0.2) is 8.42 Å². The van der Waals surface area contributed by atoms with E-state index >= 15 is 0 Å². The number of carbonyl (C=O) groups excluding carboxylic acids is 1. The maximum atomic E-state index is 12.7. The van der Waals surface area contributed by atoms with Crippen LogP contribution in [-0.4, -0.2) is 36.8 Å². The maximum absolute atomic E-state index is 12.7. The minimum atomic E-state index is -3.68. The summed E-state index contributed by atoms with van der Waals surface area (Å²) in [5, 5.41) is 6.62. The lowest BCUT2D eigenvalue weighted by Crippen LogP contribution is -2.47. The highest BCUT2D eigenvalue weighted by atomic mass is 32.2. The average Bonchev–Trinajstić information content (AvgIpc) is 3.20. The SMILES string of the molecule is CCc1ccc(N([C@@H](C)C(=O)NCc2nc(-c3cccc(C)c3)no2)S(C)(=O)=O)cc1. The summed E-state index contributed by atoms with van der Waals surface area (Å²) in [6.07, 6.45) is 1.92. The Morgan fingerprint density at radius 1 is 1.19 bits per heavy atom. The molecule has 1 heterocycles. The van der Waals surface area contributed by atoms with E-state index in [-0.39, 0.29) is 12.4 Å². The summed E-state index contributed by atoms with van der Waals surface area (Å²) in [6, 6.07) is 13.8. The number of rotatable bonds is 8. The Balaban J connectivity index is 1.71. The van der Waals surface area contributed by atoms with Crippen LogP contribution in [0.2, 0.25) is 0 Å². The minimum absolute atomic E-state index is 0.00559. The second-order valence-electron chi connectivity index (χ2n) is 7.35. The molecular weight excluding hydrogens is 416 g/mol. The van der Waals surface area contributed by atoms with E-state index in [4.69, 9.17) is 4.52 Å². The largest absolute Gasteiger partial charge is 0.345 e. The van der Waals surface area contributed by atoms with Gasteiger partial charge in [-0.1, -0.05) is 48.0 Å². The summed E-state index contributed by atoms with van der Waals surface area (Å²) in [7, 11) is -3.68. The van der Waals surface area contributed by atoms with Gasteiger partial charge >= 0.3 is 0 Å². The van der Waals surface area contributed by atoms with Gasteiger partial charge in [-0.05, 0) is 44.0 Å². The zero-order valence-corrected chi connectivity index (χ0v) is 18.8. The molecule has 1 N–H and O–H groups in total. The van der Waals surface area contributed by atoms with Crippen molar-refractivity contribution in [1.82, 2.24) is 15.5 Å². The van der Waals surface area contributed by atoms with Crippen molar-refractivity contribution in [2.24, 2.45) is 0 Å². The van der Waals surface area contributed by atoms with E-state index in [2.05, 4.69) is 15.5 Å². The summed E-state index contributed by atoms with van der Waals surface area (Å²) in [5.41, 5.74) is 3.39. The summed E-state index contributed by atoms with van der Waals surface area (Å²) in [5.74, 6) is 0.185. The van der Waals surface area contributed by atoms with Gasteiger partial charge in [-0.3, -0.25) is 9.10 Å². The van der Waals surface area contributed by atoms with Crippen LogP contribution in [0.4, 0.5) is 5.69 Å². The highest BCUT2D eigenvalue weighted by Crippen LogP contribution is 2.22. The molecule has 0 saturated carbocycles. The normalized spacial score (nSPS) is 12.4. The summed E-state index contributed by atoms with van der Waals surface area (Å²) < 4.78 is 31.1. The van der Waals surface area contributed by atoms with E-state index in [9.17, 15) is 13.2 Å². The smallest absolute Gasteiger partial charge is 0.246 e. The number of amides is 1. The standard InChI is InChI=1S/C22H26N4O4S/c1-5-17-9-11-19(12-10-17)26(31(4,28)29)16(3)22(27)23-14-20-24-21(25-30-20)18-8-6-7-15(2)13-18/h6-13,16H,5,14H2,1-4H3,(H,23,27)/t16-/m0/s1. The van der Waals surface area contributed by atoms with Gasteiger partial charge in [0, 0.05) is 5.56 Å². The molecule has 0 aliphatic carbocycles. The third-order valence-electron chi connectivity index (χ3n) is 4.85. The fourth-order valence-corrected chi connectivity index (χ4v) is 4.40. The Kier molecular flexibility index (Phi) is 6.74. The number of aryl methyl sites for hydroxylation is 2. The number of carbonyl (C=O) groups is 1. The number of hydrogen-bond donors (Lipinski definition) is 1. The molecule has 1 amide bonds. The first kappa shape index (κ1) is 22.5. The van der Waals surface area contributed by atoms with Crippen molar-refractivity contribution < 1.29 is 17.7 Å². The topological polar surface area (TPSA) is 105 Å². The second-order valence-corrected chi connectivity index (χ2v) is 9.21. The number of sulfonamides is 1. The fraction of sp³-hybridized carbons (Fsp3) is 0.318. The highest BCUT2D eigenvalue weighted by Gasteiger charge is 2.29. The van der Waals surface area contributed by atoms with Crippen LogP contribution in [0.15, 0.2) is 53.1 Å². The molecule has 1 aromatic heterocycles. The van der Waals surface area contributed by atoms with Gasteiger partial charge in [0.25, 0.3) is 0 Å². The molecule has 0 saturated heterocycles. The zero-order chi connectivity index (χ0) is 22.6. The molecule has 2 aromatic carbocycles. The zero-order valence-electron chi connectivity index (χ0n) is 18.0. The predicted molar refractivity (Wildman–Crippen MR) is 119 cm³/mol. The summed E-state index contributed by atoms with van der Waals surface area (Å²) in [6.45, 7) is 5.52. The average molecular weight is 443 g/mol. The molecule has 0 spiro atoms. The predicted octanol–water partition coefficient (Wildman–Crippen LogP) is 3.08. The van der Waals surface area contributed by atoms with Crippen LogP contribution in [-0.2, 0) is 27.8 Å². The third kappa shape index (κ3) is 5.49. The number of anilines is 1. The van der Waals surface area contributed by atoms with E-state index in [0.29, 0.717) is 11.5 Å². The first-order valence-electron chi connectivity index (χ1n) is 9.94. The number of benzene rings is 2. The van der Waals surface area contributed by atoms with Crippen LogP contribution >= 0.6 is 0 Å². The molecule has 9 heteroatoms. The van der Waals surface area contributed by atoms with Crippen molar-refractivity contribution in [1.29, 1.82) is 0 Å². The van der Waals surface area contributed by atoms with E-state index in [1.807, 2.05) is 50.2 Å². The van der Waals surface area contributed by atoms with Crippen LogP contribution in [0.3, 0.4) is 0 Å². The molecule has 0 radical (unpaired) electrons. The molecule has 0 aliphatic heterocycles. The van der Waals surface area contributed by atoms with E-state index in [1.54, 1.807) is 12.1 Å². The number of nitrogens with one attached hydrogen (secondary N) is 1. The van der Waals surface area contributed by atoms with Gasteiger partial charge < -0.3 is 9.84 Å². The van der Waals surface area contributed by atoms with Crippen molar-refractivity contribution in [2.75, 3.05) is 10.6 Å². The minimum Gasteiger partial charge on any atom is -0.345 e. The van der Waals surface area contributed by atoms with Gasteiger partial charge in [0.15, 0.2) is 0 Å². The van der Waals surface area contributed by atoms with Gasteiger partial charge in [0.2, 0.25) is 27.6 Å². The molecule has 0 bridgehead atoms. The summed E-state index contributed by atoms with van der Waals surface area (Å²) in [4.78, 5) is 17.0. The Hall–Kier alpha value is -3.20. The summed E-state index contributed by atoms with van der Waals surface area (Å²) >= 11 is 0. The monoisotopic (exact) mass is 442 g/mol. The van der Waals surface area contributed by atoms with Gasteiger partial charge in [0.05, 0.1) is 18.5 Å². The Bertz CT molecular complexity index is 1160. The van der Waals surface area contributed by atoms with Crippen molar-refractivity contribution in [3.8, 4) is 11.4 Å². The van der Waals surface area contributed by atoms with E-state index in [1.165, 1.54) is 6.92 Å². The number of aromatic nitrogens is 2. The molecule has 0 aliphatic rings. The molecule has 8 nitrogen and oxygen atoms in total. The molecule has 0 unspecified atom stereocenters. The van der Waals surface area contributed by atoms with Crippen molar-refractivity contribution in [2.45, 2.75) is 39.8 Å². The van der Waals surface area contributed by atoms with Crippen LogP contribution in [0.1, 0.15) is 30.9 Å². The molecular formula is C22H26N4O4S. The third-order valence-corrected chi connectivity index (χ3v) is 6.09. The highest BCUT2D eigenvalue weighted by molar-refractivity contribution is 7.92. The fourth-order valence-electron chi connectivity index (χ4n) is 3.23. The van der Waals surface area contributed by atoms with Crippen LogP contribution < -0.4 is 9.62 Å². The van der Waals surface area contributed by atoms with Crippen LogP contribution in [0.5, 0.6) is 0 Å². The van der Waals surface area contributed by atoms with Crippen molar-refractivity contribution in [3.63, 3.8) is 0 Å². The quantitative estimate of drug-likeness (QED) is 0.575. The lowest BCUT2D eigenvalue weighted by atomic mass is 10.1. The van der Waals surface area contributed by atoms with E-state index < -0.39 is 22.0 Å². The van der Waals surface area contributed by atoms with E-state index in [0.717, 1.165) is 33.7 Å². The molecule has 3 aromatic rings. The van der Waals surface area contributed by atoms with Crippen LogP contribution in [0.25, 0.3) is 11.4 Å². The maximum Gasteiger partial charge on any atom is 0.246 e. The van der Waals surface area contributed by atoms with Crippen LogP contribution in [0, 0.1) is 6.92 Å². The van der Waals surface area contributed by atoms with Gasteiger partial charge in [-0.2, -0.15) is 4.98 Å². The van der Waals surface area contributed by atoms with Crippen molar-refractivity contribution in [3.05, 3.63) is 65.5 Å². The van der Waals surface area contributed by atoms with Gasteiger partial charge in [-0.15, -0.1) is 0 Å².